The van der Waals surface area contributed by atoms with E-state index < -0.39 is 0 Å². The molecule has 1 aromatic carbocycles. The number of guanidine groups is 1. The summed E-state index contributed by atoms with van der Waals surface area (Å²) < 4.78 is 0. The Morgan fingerprint density at radius 1 is 1.03 bits per heavy atom. The van der Waals surface area contributed by atoms with Crippen LogP contribution < -0.4 is 5.32 Å². The van der Waals surface area contributed by atoms with Crippen LogP contribution in [0.3, 0.4) is 0 Å². The summed E-state index contributed by atoms with van der Waals surface area (Å²) in [5.41, 5.74) is 1.76. The average Bonchev–Trinajstić information content (AvgIpc) is 3.25. The van der Waals surface area contributed by atoms with E-state index in [-0.39, 0.29) is 0 Å². The third kappa shape index (κ3) is 5.17. The summed E-state index contributed by atoms with van der Waals surface area (Å²) in [6.45, 7) is 8.23. The van der Waals surface area contributed by atoms with Crippen molar-refractivity contribution in [2.45, 2.75) is 50.5 Å². The van der Waals surface area contributed by atoms with E-state index in [9.17, 15) is 0 Å². The van der Waals surface area contributed by atoms with Gasteiger partial charge in [-0.1, -0.05) is 36.8 Å². The third-order valence-corrected chi connectivity index (χ3v) is 7.68. The predicted molar refractivity (Wildman–Crippen MR) is 126 cm³/mol. The maximum atomic E-state index is 4.69. The second-order valence-corrected chi connectivity index (χ2v) is 9.77. The normalized spacial score (nSPS) is 26.1. The zero-order valence-corrected chi connectivity index (χ0v) is 19.2. The molecule has 1 unspecified atom stereocenters. The Morgan fingerprint density at radius 3 is 2.47 bits per heavy atom. The molecule has 30 heavy (non-hydrogen) atoms. The molecule has 0 radical (unpaired) electrons. The topological polar surface area (TPSA) is 34.1 Å². The van der Waals surface area contributed by atoms with E-state index in [0.717, 1.165) is 31.5 Å². The van der Waals surface area contributed by atoms with Crippen LogP contribution in [0.25, 0.3) is 0 Å². The number of likely N-dealkylation sites (tertiary alicyclic amines) is 3. The molecule has 0 saturated carbocycles. The molecule has 5 heteroatoms. The summed E-state index contributed by atoms with van der Waals surface area (Å²) in [7, 11) is 4.22. The highest BCUT2D eigenvalue weighted by Crippen LogP contribution is 2.31. The highest BCUT2D eigenvalue weighted by Gasteiger charge is 2.40. The molecule has 4 rings (SSSR count). The molecule has 166 valence electrons. The maximum Gasteiger partial charge on any atom is 0.193 e. The van der Waals surface area contributed by atoms with E-state index in [1.165, 1.54) is 76.7 Å². The minimum absolute atomic E-state index is 0.298. The van der Waals surface area contributed by atoms with Crippen LogP contribution in [0, 0.1) is 5.92 Å². The second kappa shape index (κ2) is 10.1. The molecule has 0 bridgehead atoms. The van der Waals surface area contributed by atoms with E-state index in [4.69, 9.17) is 0 Å². The van der Waals surface area contributed by atoms with E-state index in [0.29, 0.717) is 5.54 Å². The van der Waals surface area contributed by atoms with Crippen LogP contribution in [0.4, 0.5) is 0 Å². The van der Waals surface area contributed by atoms with E-state index in [2.05, 4.69) is 62.4 Å². The van der Waals surface area contributed by atoms with E-state index >= 15 is 0 Å². The second-order valence-electron chi connectivity index (χ2n) is 9.77. The van der Waals surface area contributed by atoms with Gasteiger partial charge in [0.25, 0.3) is 0 Å². The Bertz CT molecular complexity index is 674. The van der Waals surface area contributed by atoms with Crippen LogP contribution in [0.5, 0.6) is 0 Å². The van der Waals surface area contributed by atoms with Crippen LogP contribution in [0.2, 0.25) is 0 Å². The smallest absolute Gasteiger partial charge is 0.193 e. The van der Waals surface area contributed by atoms with E-state index in [1.807, 2.05) is 7.05 Å². The predicted octanol–water partition coefficient (Wildman–Crippen LogP) is 3.08. The first-order valence-electron chi connectivity index (χ1n) is 12.1. The van der Waals surface area contributed by atoms with Crippen molar-refractivity contribution in [2.75, 3.05) is 59.9 Å². The van der Waals surface area contributed by atoms with Crippen molar-refractivity contribution >= 4 is 5.96 Å². The van der Waals surface area contributed by atoms with Gasteiger partial charge in [0.05, 0.1) is 0 Å². The van der Waals surface area contributed by atoms with Gasteiger partial charge in [-0.25, -0.2) is 0 Å². The molecule has 5 nitrogen and oxygen atoms in total. The Morgan fingerprint density at radius 2 is 1.77 bits per heavy atom. The molecule has 0 spiro atoms. The summed E-state index contributed by atoms with van der Waals surface area (Å²) >= 11 is 0. The van der Waals surface area contributed by atoms with Crippen molar-refractivity contribution in [2.24, 2.45) is 10.9 Å². The molecule has 3 aliphatic heterocycles. The number of piperidine rings is 2. The first-order valence-corrected chi connectivity index (χ1v) is 12.1. The number of hydrogen-bond acceptors (Lipinski definition) is 3. The van der Waals surface area contributed by atoms with Crippen LogP contribution in [0.1, 0.15) is 44.1 Å². The van der Waals surface area contributed by atoms with E-state index in [1.54, 1.807) is 0 Å². The molecule has 0 amide bonds. The summed E-state index contributed by atoms with van der Waals surface area (Å²) in [5.74, 6) is 1.84. The number of benzene rings is 1. The molecule has 0 aromatic heterocycles. The van der Waals surface area contributed by atoms with Crippen molar-refractivity contribution in [1.82, 2.24) is 20.0 Å². The Labute approximate surface area is 183 Å². The lowest BCUT2D eigenvalue weighted by atomic mass is 9.84. The van der Waals surface area contributed by atoms with Gasteiger partial charge in [0.2, 0.25) is 0 Å². The standard InChI is InChI=1S/C25H41N5/c1-26-24(29-16-11-23(20-29)19-22-9-5-3-6-10-22)27-21-25(12-17-28(2)18-13-25)30-14-7-4-8-15-30/h3,5-6,9-10,23H,4,7-8,11-21H2,1-2H3,(H,26,27). The first kappa shape index (κ1) is 21.6. The lowest BCUT2D eigenvalue weighted by molar-refractivity contribution is 0.0170. The van der Waals surface area contributed by atoms with Gasteiger partial charge in [-0.3, -0.25) is 9.89 Å². The Hall–Kier alpha value is -1.59. The monoisotopic (exact) mass is 411 g/mol. The minimum atomic E-state index is 0.298. The molecular weight excluding hydrogens is 370 g/mol. The molecular formula is C25H41N5. The Balaban J connectivity index is 1.35. The number of nitrogens with one attached hydrogen (secondary N) is 1. The zero-order valence-electron chi connectivity index (χ0n) is 19.2. The van der Waals surface area contributed by atoms with Gasteiger partial charge in [-0.2, -0.15) is 0 Å². The maximum absolute atomic E-state index is 4.69. The Kier molecular flexibility index (Phi) is 7.32. The van der Waals surface area contributed by atoms with Gasteiger partial charge in [-0.05, 0) is 83.2 Å². The minimum Gasteiger partial charge on any atom is -0.354 e. The zero-order chi connectivity index (χ0) is 20.8. The molecule has 0 aliphatic carbocycles. The van der Waals surface area contributed by atoms with Crippen LogP contribution in [0.15, 0.2) is 35.3 Å². The van der Waals surface area contributed by atoms with Crippen molar-refractivity contribution in [3.63, 3.8) is 0 Å². The third-order valence-electron chi connectivity index (χ3n) is 7.68. The highest BCUT2D eigenvalue weighted by molar-refractivity contribution is 5.80. The van der Waals surface area contributed by atoms with Crippen molar-refractivity contribution in [3.8, 4) is 0 Å². The van der Waals surface area contributed by atoms with Gasteiger partial charge in [-0.15, -0.1) is 0 Å². The van der Waals surface area contributed by atoms with Gasteiger partial charge < -0.3 is 15.1 Å². The fraction of sp³-hybridized carbons (Fsp3) is 0.720. The van der Waals surface area contributed by atoms with Gasteiger partial charge >= 0.3 is 0 Å². The van der Waals surface area contributed by atoms with Crippen molar-refractivity contribution in [3.05, 3.63) is 35.9 Å². The van der Waals surface area contributed by atoms with Crippen LogP contribution >= 0.6 is 0 Å². The SMILES string of the molecule is CN=C(NCC1(N2CCCCC2)CCN(C)CC1)N1CCC(Cc2ccccc2)C1. The lowest BCUT2D eigenvalue weighted by Gasteiger charge is -2.50. The molecule has 3 saturated heterocycles. The number of nitrogens with zero attached hydrogens (tertiary/aromatic N) is 4. The van der Waals surface area contributed by atoms with Crippen LogP contribution in [-0.2, 0) is 6.42 Å². The fourth-order valence-corrected chi connectivity index (χ4v) is 5.72. The van der Waals surface area contributed by atoms with Crippen molar-refractivity contribution in [1.29, 1.82) is 0 Å². The highest BCUT2D eigenvalue weighted by atomic mass is 15.3. The molecule has 1 aromatic rings. The van der Waals surface area contributed by atoms with Crippen molar-refractivity contribution < 1.29 is 0 Å². The lowest BCUT2D eigenvalue weighted by Crippen LogP contribution is -2.62. The summed E-state index contributed by atoms with van der Waals surface area (Å²) in [6.07, 6.45) is 9.10. The summed E-state index contributed by atoms with van der Waals surface area (Å²) in [5, 5.41) is 3.83. The average molecular weight is 412 g/mol. The quantitative estimate of drug-likeness (QED) is 0.596. The molecule has 3 heterocycles. The van der Waals surface area contributed by atoms with Gasteiger partial charge in [0.1, 0.15) is 0 Å². The first-order chi connectivity index (χ1) is 14.7. The number of aliphatic imine (C=N–C) groups is 1. The number of hydrogen-bond donors (Lipinski definition) is 1. The summed E-state index contributed by atoms with van der Waals surface area (Å²) in [4.78, 5) is 12.5. The van der Waals surface area contributed by atoms with Crippen LogP contribution in [-0.4, -0.2) is 86.1 Å². The molecule has 1 N–H and O–H groups in total. The number of rotatable bonds is 5. The molecule has 3 fully saturated rings. The molecule has 3 aliphatic rings. The summed E-state index contributed by atoms with van der Waals surface area (Å²) in [6, 6.07) is 10.9. The van der Waals surface area contributed by atoms with Gasteiger partial charge in [0.15, 0.2) is 5.96 Å². The largest absolute Gasteiger partial charge is 0.354 e. The fourth-order valence-electron chi connectivity index (χ4n) is 5.72. The molecule has 1 atom stereocenters. The van der Waals surface area contributed by atoms with Gasteiger partial charge in [0, 0.05) is 32.2 Å².